The Hall–Kier alpha value is -4.46. The molecule has 0 aliphatic heterocycles. The number of nitrogens with zero attached hydrogens (tertiary/aromatic N) is 1. The molecular formula is C24H19N3O5. The summed E-state index contributed by atoms with van der Waals surface area (Å²) in [4.78, 5) is 36.4. The van der Waals surface area contributed by atoms with Crippen LogP contribution in [-0.2, 0) is 20.7 Å². The lowest BCUT2D eigenvalue weighted by atomic mass is 10.1. The molecule has 160 valence electrons. The summed E-state index contributed by atoms with van der Waals surface area (Å²) in [5.74, 6) is -0.0658. The summed E-state index contributed by atoms with van der Waals surface area (Å²) < 4.78 is 10.9. The lowest BCUT2D eigenvalue weighted by Crippen LogP contribution is -2.22. The van der Waals surface area contributed by atoms with Crippen molar-refractivity contribution in [3.8, 4) is 11.5 Å². The van der Waals surface area contributed by atoms with E-state index in [0.29, 0.717) is 33.7 Å². The molecule has 0 saturated carbocycles. The monoisotopic (exact) mass is 429 g/mol. The fraction of sp³-hybridized carbons (Fsp3) is 0.0833. The van der Waals surface area contributed by atoms with Gasteiger partial charge in [0, 0.05) is 5.39 Å². The summed E-state index contributed by atoms with van der Waals surface area (Å²) in [5, 5.41) is 9.97. The van der Waals surface area contributed by atoms with Gasteiger partial charge < -0.3 is 14.8 Å². The van der Waals surface area contributed by atoms with E-state index in [1.165, 1.54) is 0 Å². The predicted octanol–water partition coefficient (Wildman–Crippen LogP) is 3.44. The van der Waals surface area contributed by atoms with Gasteiger partial charge in [0.25, 0.3) is 11.5 Å². The summed E-state index contributed by atoms with van der Waals surface area (Å²) in [5.41, 5.74) is 0.478. The van der Waals surface area contributed by atoms with Crippen molar-refractivity contribution < 1.29 is 19.1 Å². The van der Waals surface area contributed by atoms with Gasteiger partial charge in [-0.15, -0.1) is 0 Å². The normalized spacial score (nSPS) is 10.5. The molecule has 1 aromatic heterocycles. The highest BCUT2D eigenvalue weighted by Gasteiger charge is 2.14. The minimum absolute atomic E-state index is 0.182. The molecule has 1 amide bonds. The van der Waals surface area contributed by atoms with Gasteiger partial charge in [-0.25, -0.2) is 5.10 Å². The number of amides is 1. The van der Waals surface area contributed by atoms with Crippen molar-refractivity contribution in [3.63, 3.8) is 0 Å². The van der Waals surface area contributed by atoms with Gasteiger partial charge in [0.05, 0.1) is 23.2 Å². The standard InChI is InChI=1S/C24H19N3O5/c28-22(25-19-12-6-7-13-21(19)32-16-8-2-1-3-9-16)15-31-23(29)14-20-17-10-4-5-11-18(17)24(30)27-26-20/h1-13H,14-15H2,(H,25,28)(H,27,30). The molecule has 0 atom stereocenters. The first-order valence-electron chi connectivity index (χ1n) is 9.84. The van der Waals surface area contributed by atoms with Crippen LogP contribution in [0.1, 0.15) is 5.69 Å². The minimum atomic E-state index is -0.640. The fourth-order valence-corrected chi connectivity index (χ4v) is 3.10. The number of esters is 1. The van der Waals surface area contributed by atoms with E-state index in [1.807, 2.05) is 18.2 Å². The van der Waals surface area contributed by atoms with Crippen molar-refractivity contribution in [2.45, 2.75) is 6.42 Å². The van der Waals surface area contributed by atoms with Crippen LogP contribution in [0.25, 0.3) is 10.8 Å². The van der Waals surface area contributed by atoms with Gasteiger partial charge in [0.1, 0.15) is 5.75 Å². The molecule has 4 aromatic rings. The van der Waals surface area contributed by atoms with E-state index in [2.05, 4.69) is 15.5 Å². The highest BCUT2D eigenvalue weighted by Crippen LogP contribution is 2.29. The zero-order valence-electron chi connectivity index (χ0n) is 16.9. The number of carbonyl (C=O) groups is 2. The molecule has 0 saturated heterocycles. The molecule has 1 heterocycles. The van der Waals surface area contributed by atoms with E-state index in [4.69, 9.17) is 9.47 Å². The Balaban J connectivity index is 1.36. The number of hydrogen-bond acceptors (Lipinski definition) is 6. The third kappa shape index (κ3) is 4.99. The topological polar surface area (TPSA) is 110 Å². The SMILES string of the molecule is O=C(COC(=O)Cc1n[nH]c(=O)c2ccccc12)Nc1ccccc1Oc1ccccc1. The van der Waals surface area contributed by atoms with Crippen molar-refractivity contribution >= 4 is 28.3 Å². The number of fused-ring (bicyclic) bond motifs is 1. The second-order valence-electron chi connectivity index (χ2n) is 6.84. The molecule has 0 spiro atoms. The Kier molecular flexibility index (Phi) is 6.22. The van der Waals surface area contributed by atoms with Crippen LogP contribution >= 0.6 is 0 Å². The number of H-pyrrole nitrogens is 1. The van der Waals surface area contributed by atoms with E-state index >= 15 is 0 Å². The molecule has 0 unspecified atom stereocenters. The highest BCUT2D eigenvalue weighted by atomic mass is 16.5. The van der Waals surface area contributed by atoms with Gasteiger partial charge in [-0.05, 0) is 30.3 Å². The van der Waals surface area contributed by atoms with Crippen molar-refractivity contribution in [2.75, 3.05) is 11.9 Å². The average Bonchev–Trinajstić information content (AvgIpc) is 2.82. The Bertz CT molecular complexity index is 1320. The van der Waals surface area contributed by atoms with Crippen LogP contribution < -0.4 is 15.6 Å². The largest absolute Gasteiger partial charge is 0.455 e. The minimum Gasteiger partial charge on any atom is -0.455 e. The van der Waals surface area contributed by atoms with Crippen molar-refractivity contribution in [2.24, 2.45) is 0 Å². The summed E-state index contributed by atoms with van der Waals surface area (Å²) in [7, 11) is 0. The maximum atomic E-state index is 12.3. The van der Waals surface area contributed by atoms with Gasteiger partial charge in [-0.3, -0.25) is 14.4 Å². The second kappa shape index (κ2) is 9.57. The summed E-state index contributed by atoms with van der Waals surface area (Å²) in [6.07, 6.45) is -0.182. The molecule has 3 aromatic carbocycles. The first-order valence-corrected chi connectivity index (χ1v) is 9.84. The molecule has 4 rings (SSSR count). The number of carbonyl (C=O) groups excluding carboxylic acids is 2. The predicted molar refractivity (Wildman–Crippen MR) is 119 cm³/mol. The van der Waals surface area contributed by atoms with Crippen LogP contribution in [0.3, 0.4) is 0 Å². The zero-order valence-corrected chi connectivity index (χ0v) is 16.9. The molecule has 0 fully saturated rings. The van der Waals surface area contributed by atoms with Crippen LogP contribution in [0.4, 0.5) is 5.69 Å². The molecular weight excluding hydrogens is 410 g/mol. The summed E-state index contributed by atoms with van der Waals surface area (Å²) >= 11 is 0. The van der Waals surface area contributed by atoms with Crippen LogP contribution in [-0.4, -0.2) is 28.7 Å². The number of aromatic amines is 1. The van der Waals surface area contributed by atoms with E-state index < -0.39 is 18.5 Å². The Morgan fingerprint density at radius 1 is 0.875 bits per heavy atom. The maximum absolute atomic E-state index is 12.3. The van der Waals surface area contributed by atoms with Crippen molar-refractivity contribution in [1.82, 2.24) is 10.2 Å². The van der Waals surface area contributed by atoms with Gasteiger partial charge in [0.2, 0.25) is 0 Å². The molecule has 0 aliphatic carbocycles. The fourth-order valence-electron chi connectivity index (χ4n) is 3.10. The smallest absolute Gasteiger partial charge is 0.312 e. The van der Waals surface area contributed by atoms with Gasteiger partial charge >= 0.3 is 5.97 Å². The van der Waals surface area contributed by atoms with Gasteiger partial charge in [0.15, 0.2) is 12.4 Å². The maximum Gasteiger partial charge on any atom is 0.312 e. The second-order valence-corrected chi connectivity index (χ2v) is 6.84. The number of nitrogens with one attached hydrogen (secondary N) is 2. The Labute approximate surface area is 182 Å². The highest BCUT2D eigenvalue weighted by molar-refractivity contribution is 5.94. The number of anilines is 1. The van der Waals surface area contributed by atoms with Crippen molar-refractivity contribution in [3.05, 3.63) is 94.9 Å². The van der Waals surface area contributed by atoms with Crippen LogP contribution in [0, 0.1) is 0 Å². The summed E-state index contributed by atoms with van der Waals surface area (Å²) in [6.45, 7) is -0.472. The lowest BCUT2D eigenvalue weighted by Gasteiger charge is -2.12. The number of para-hydroxylation sites is 3. The number of benzene rings is 3. The molecule has 0 bridgehead atoms. The third-order valence-electron chi connectivity index (χ3n) is 4.58. The van der Waals surface area contributed by atoms with E-state index in [9.17, 15) is 14.4 Å². The van der Waals surface area contributed by atoms with Gasteiger partial charge in [-0.2, -0.15) is 5.10 Å². The van der Waals surface area contributed by atoms with Crippen LogP contribution in [0.15, 0.2) is 83.7 Å². The van der Waals surface area contributed by atoms with E-state index in [1.54, 1.807) is 60.7 Å². The van der Waals surface area contributed by atoms with Gasteiger partial charge in [-0.1, -0.05) is 48.5 Å². The third-order valence-corrected chi connectivity index (χ3v) is 4.58. The van der Waals surface area contributed by atoms with Crippen molar-refractivity contribution in [1.29, 1.82) is 0 Å². The number of rotatable bonds is 7. The molecule has 2 N–H and O–H groups in total. The van der Waals surface area contributed by atoms with Crippen LogP contribution in [0.5, 0.6) is 11.5 Å². The first kappa shape index (κ1) is 20.8. The number of hydrogen-bond donors (Lipinski definition) is 2. The summed E-state index contributed by atoms with van der Waals surface area (Å²) in [6, 6.07) is 22.9. The Morgan fingerprint density at radius 3 is 2.38 bits per heavy atom. The zero-order chi connectivity index (χ0) is 22.3. The number of aromatic nitrogens is 2. The molecule has 0 aliphatic rings. The molecule has 32 heavy (non-hydrogen) atoms. The molecule has 8 heteroatoms. The van der Waals surface area contributed by atoms with E-state index in [-0.39, 0.29) is 12.0 Å². The first-order chi connectivity index (χ1) is 15.6. The average molecular weight is 429 g/mol. The quantitative estimate of drug-likeness (QED) is 0.436. The van der Waals surface area contributed by atoms with Crippen LogP contribution in [0.2, 0.25) is 0 Å². The number of ether oxygens (including phenoxy) is 2. The Morgan fingerprint density at radius 2 is 1.56 bits per heavy atom. The van der Waals surface area contributed by atoms with E-state index in [0.717, 1.165) is 0 Å². The lowest BCUT2D eigenvalue weighted by molar-refractivity contribution is -0.146. The molecule has 8 nitrogen and oxygen atoms in total. The molecule has 0 radical (unpaired) electrons.